The van der Waals surface area contributed by atoms with Crippen molar-refractivity contribution < 1.29 is 8.42 Å². The SMILES string of the molecule is N#Cc1ccc(S(=O)(=O)NCCCN2CCNCC2)cc1Cl. The van der Waals surface area contributed by atoms with Gasteiger partial charge in [-0.2, -0.15) is 5.26 Å². The first-order chi connectivity index (χ1) is 10.5. The van der Waals surface area contributed by atoms with Crippen LogP contribution in [0.4, 0.5) is 0 Å². The average molecular weight is 343 g/mol. The maximum atomic E-state index is 12.2. The molecule has 0 amide bonds. The molecule has 2 N–H and O–H groups in total. The predicted molar refractivity (Wildman–Crippen MR) is 85.3 cm³/mol. The van der Waals surface area contributed by atoms with Gasteiger partial charge in [0.2, 0.25) is 10.0 Å². The number of sulfonamides is 1. The summed E-state index contributed by atoms with van der Waals surface area (Å²) < 4.78 is 26.9. The highest BCUT2D eigenvalue weighted by molar-refractivity contribution is 7.89. The maximum Gasteiger partial charge on any atom is 0.240 e. The molecule has 8 heteroatoms. The van der Waals surface area contributed by atoms with Gasteiger partial charge in [0, 0.05) is 32.7 Å². The van der Waals surface area contributed by atoms with Gasteiger partial charge in [-0.25, -0.2) is 13.1 Å². The highest BCUT2D eigenvalue weighted by Gasteiger charge is 2.15. The minimum Gasteiger partial charge on any atom is -0.314 e. The van der Waals surface area contributed by atoms with Crippen molar-refractivity contribution in [2.45, 2.75) is 11.3 Å². The molecule has 1 aromatic rings. The Hall–Kier alpha value is -1.17. The second-order valence-corrected chi connectivity index (χ2v) is 7.27. The molecule has 0 atom stereocenters. The molecule has 1 aliphatic heterocycles. The Balaban J connectivity index is 1.85. The summed E-state index contributed by atoms with van der Waals surface area (Å²) in [6, 6.07) is 6.02. The van der Waals surface area contributed by atoms with E-state index in [1.54, 1.807) is 0 Å². The van der Waals surface area contributed by atoms with E-state index in [-0.39, 0.29) is 15.5 Å². The van der Waals surface area contributed by atoms with Crippen molar-refractivity contribution in [2.75, 3.05) is 39.3 Å². The smallest absolute Gasteiger partial charge is 0.240 e. The van der Waals surface area contributed by atoms with Crippen LogP contribution in [0.3, 0.4) is 0 Å². The summed E-state index contributed by atoms with van der Waals surface area (Å²) in [5.74, 6) is 0. The summed E-state index contributed by atoms with van der Waals surface area (Å²) in [4.78, 5) is 2.39. The zero-order valence-electron chi connectivity index (χ0n) is 12.2. The Morgan fingerprint density at radius 1 is 1.36 bits per heavy atom. The monoisotopic (exact) mass is 342 g/mol. The Bertz CT molecular complexity index is 651. The predicted octanol–water partition coefficient (Wildman–Crippen LogP) is 0.785. The molecular weight excluding hydrogens is 324 g/mol. The molecule has 0 saturated carbocycles. The van der Waals surface area contributed by atoms with Crippen molar-refractivity contribution in [3.8, 4) is 6.07 Å². The maximum absolute atomic E-state index is 12.2. The van der Waals surface area contributed by atoms with Crippen LogP contribution >= 0.6 is 11.6 Å². The van der Waals surface area contributed by atoms with Gasteiger partial charge in [-0.05, 0) is 31.2 Å². The fourth-order valence-corrected chi connectivity index (χ4v) is 3.67. The summed E-state index contributed by atoms with van der Waals surface area (Å²) in [7, 11) is -3.59. The van der Waals surface area contributed by atoms with Gasteiger partial charge in [0.1, 0.15) is 6.07 Å². The number of rotatable bonds is 6. The fourth-order valence-electron chi connectivity index (χ4n) is 2.28. The standard InChI is InChI=1S/C14H19ClN4O2S/c15-14-10-13(3-2-12(14)11-16)22(20,21)18-4-1-7-19-8-5-17-6-9-19/h2-3,10,17-18H,1,4-9H2. The first kappa shape index (κ1) is 17.2. The van der Waals surface area contributed by atoms with Crippen LogP contribution in [0.25, 0.3) is 0 Å². The second kappa shape index (κ2) is 7.90. The lowest BCUT2D eigenvalue weighted by Crippen LogP contribution is -2.44. The number of nitrogens with one attached hydrogen (secondary N) is 2. The number of hydrogen-bond acceptors (Lipinski definition) is 5. The Kier molecular flexibility index (Phi) is 6.17. The van der Waals surface area contributed by atoms with Gasteiger partial charge in [0.25, 0.3) is 0 Å². The lowest BCUT2D eigenvalue weighted by Gasteiger charge is -2.27. The van der Waals surface area contributed by atoms with Crippen LogP contribution in [-0.2, 0) is 10.0 Å². The Labute approximate surface area is 136 Å². The highest BCUT2D eigenvalue weighted by atomic mass is 35.5. The van der Waals surface area contributed by atoms with E-state index in [0.717, 1.165) is 39.1 Å². The Morgan fingerprint density at radius 2 is 2.09 bits per heavy atom. The highest BCUT2D eigenvalue weighted by Crippen LogP contribution is 2.19. The summed E-state index contributed by atoms with van der Waals surface area (Å²) in [6.07, 6.45) is 0.753. The van der Waals surface area contributed by atoms with Crippen molar-refractivity contribution >= 4 is 21.6 Å². The zero-order valence-corrected chi connectivity index (χ0v) is 13.8. The first-order valence-corrected chi connectivity index (χ1v) is 9.01. The van der Waals surface area contributed by atoms with E-state index >= 15 is 0 Å². The molecule has 1 aromatic carbocycles. The van der Waals surface area contributed by atoms with Gasteiger partial charge in [-0.3, -0.25) is 0 Å². The zero-order chi connectivity index (χ0) is 16.0. The van der Waals surface area contributed by atoms with E-state index in [4.69, 9.17) is 16.9 Å². The molecule has 0 unspecified atom stereocenters. The van der Waals surface area contributed by atoms with Gasteiger partial charge >= 0.3 is 0 Å². The molecule has 6 nitrogen and oxygen atoms in total. The molecular formula is C14H19ClN4O2S. The van der Waals surface area contributed by atoms with E-state index in [0.29, 0.717) is 6.54 Å². The molecule has 120 valence electrons. The van der Waals surface area contributed by atoms with Crippen molar-refractivity contribution in [1.82, 2.24) is 14.9 Å². The molecule has 0 radical (unpaired) electrons. The average Bonchev–Trinajstić information content (AvgIpc) is 2.52. The van der Waals surface area contributed by atoms with E-state index in [1.165, 1.54) is 18.2 Å². The molecule has 0 spiro atoms. The molecule has 0 aliphatic carbocycles. The van der Waals surface area contributed by atoms with Crippen LogP contribution in [-0.4, -0.2) is 52.6 Å². The normalized spacial score (nSPS) is 16.4. The molecule has 1 fully saturated rings. The van der Waals surface area contributed by atoms with Gasteiger partial charge in [-0.1, -0.05) is 11.6 Å². The topological polar surface area (TPSA) is 85.2 Å². The third-order valence-electron chi connectivity index (χ3n) is 3.52. The third-order valence-corrected chi connectivity index (χ3v) is 5.30. The Morgan fingerprint density at radius 3 is 2.73 bits per heavy atom. The van der Waals surface area contributed by atoms with Crippen LogP contribution in [0, 0.1) is 11.3 Å². The van der Waals surface area contributed by atoms with Crippen molar-refractivity contribution in [2.24, 2.45) is 0 Å². The van der Waals surface area contributed by atoms with Gasteiger partial charge < -0.3 is 10.2 Å². The molecule has 2 rings (SSSR count). The number of hydrogen-bond donors (Lipinski definition) is 2. The molecule has 1 heterocycles. The van der Waals surface area contributed by atoms with Crippen LogP contribution in [0.5, 0.6) is 0 Å². The number of nitrogens with zero attached hydrogens (tertiary/aromatic N) is 2. The number of benzene rings is 1. The third kappa shape index (κ3) is 4.66. The summed E-state index contributed by atoms with van der Waals surface area (Å²) in [5.41, 5.74) is 0.263. The lowest BCUT2D eigenvalue weighted by atomic mass is 10.2. The van der Waals surface area contributed by atoms with E-state index in [1.807, 2.05) is 6.07 Å². The van der Waals surface area contributed by atoms with E-state index in [2.05, 4.69) is 14.9 Å². The number of halogens is 1. The molecule has 0 aromatic heterocycles. The summed E-state index contributed by atoms with van der Waals surface area (Å²) in [5, 5.41) is 12.2. The van der Waals surface area contributed by atoms with Crippen LogP contribution in [0.15, 0.2) is 23.1 Å². The first-order valence-electron chi connectivity index (χ1n) is 7.15. The second-order valence-electron chi connectivity index (χ2n) is 5.10. The fraction of sp³-hybridized carbons (Fsp3) is 0.500. The number of piperazine rings is 1. The van der Waals surface area contributed by atoms with Crippen molar-refractivity contribution in [1.29, 1.82) is 5.26 Å². The molecule has 1 saturated heterocycles. The quantitative estimate of drug-likeness (QED) is 0.746. The molecule has 22 heavy (non-hydrogen) atoms. The molecule has 1 aliphatic rings. The van der Waals surface area contributed by atoms with Gasteiger partial charge in [0.15, 0.2) is 0 Å². The largest absolute Gasteiger partial charge is 0.314 e. The van der Waals surface area contributed by atoms with E-state index < -0.39 is 10.0 Å². The molecule has 0 bridgehead atoms. The van der Waals surface area contributed by atoms with Crippen LogP contribution < -0.4 is 10.0 Å². The lowest BCUT2D eigenvalue weighted by molar-refractivity contribution is 0.239. The van der Waals surface area contributed by atoms with Crippen molar-refractivity contribution in [3.63, 3.8) is 0 Å². The number of nitriles is 1. The van der Waals surface area contributed by atoms with Crippen molar-refractivity contribution in [3.05, 3.63) is 28.8 Å². The minimum absolute atomic E-state index is 0.0821. The minimum atomic E-state index is -3.59. The van der Waals surface area contributed by atoms with E-state index in [9.17, 15) is 8.42 Å². The van der Waals surface area contributed by atoms with Crippen LogP contribution in [0.1, 0.15) is 12.0 Å². The summed E-state index contributed by atoms with van der Waals surface area (Å²) in [6.45, 7) is 5.21. The van der Waals surface area contributed by atoms with Gasteiger partial charge in [-0.15, -0.1) is 0 Å². The van der Waals surface area contributed by atoms with Crippen LogP contribution in [0.2, 0.25) is 5.02 Å². The summed E-state index contributed by atoms with van der Waals surface area (Å²) >= 11 is 5.87. The van der Waals surface area contributed by atoms with Gasteiger partial charge in [0.05, 0.1) is 15.5 Å².